The van der Waals surface area contributed by atoms with Crippen LogP contribution in [0.5, 0.6) is 5.75 Å². The molecular formula is C17H15N5O2. The molecule has 1 amide bonds. The molecule has 1 aromatic carbocycles. The third-order valence-corrected chi connectivity index (χ3v) is 4.05. The number of aryl methyl sites for hydroxylation is 1. The van der Waals surface area contributed by atoms with Crippen molar-refractivity contribution < 1.29 is 9.90 Å². The summed E-state index contributed by atoms with van der Waals surface area (Å²) in [6, 6.07) is 6.85. The average molecular weight is 321 g/mol. The fraction of sp³-hybridized carbons (Fsp3) is 0.118. The van der Waals surface area contributed by atoms with Crippen molar-refractivity contribution in [2.24, 2.45) is 5.73 Å². The number of hydrogen-bond donors (Lipinski definition) is 3. The molecule has 120 valence electrons. The van der Waals surface area contributed by atoms with Crippen molar-refractivity contribution in [3.05, 3.63) is 46.6 Å². The second-order valence-electron chi connectivity index (χ2n) is 5.54. The van der Waals surface area contributed by atoms with Gasteiger partial charge >= 0.3 is 0 Å². The molecule has 0 saturated carbocycles. The Bertz CT molecular complexity index is 1040. The van der Waals surface area contributed by atoms with E-state index >= 15 is 0 Å². The van der Waals surface area contributed by atoms with Gasteiger partial charge in [-0.3, -0.25) is 9.36 Å². The predicted molar refractivity (Wildman–Crippen MR) is 89.9 cm³/mol. The first-order valence-electron chi connectivity index (χ1n) is 7.16. The number of fused-ring (bicyclic) bond motifs is 1. The summed E-state index contributed by atoms with van der Waals surface area (Å²) in [5.41, 5.74) is 14.5. The third-order valence-electron chi connectivity index (χ3n) is 4.05. The average Bonchev–Trinajstić information content (AvgIpc) is 2.83. The lowest BCUT2D eigenvalue weighted by atomic mass is 10.1. The summed E-state index contributed by atoms with van der Waals surface area (Å²) in [6.45, 7) is 3.61. The minimum Gasteiger partial charge on any atom is -0.508 e. The summed E-state index contributed by atoms with van der Waals surface area (Å²) < 4.78 is 1.58. The number of pyridine rings is 1. The van der Waals surface area contributed by atoms with Gasteiger partial charge in [-0.1, -0.05) is 6.07 Å². The standard InChI is InChI=1S/C17H15N5O2/c1-8-3-4-12(23)9(2)14(8)22-15(19)13(16(20)24)11-5-10(6-18)7-21-17(11)22/h3-5,7,23H,19H2,1-2H3,(H2,20,24). The number of anilines is 1. The number of carbonyl (C=O) groups excluding carboxylic acids is 1. The molecule has 0 atom stereocenters. The molecule has 7 nitrogen and oxygen atoms in total. The number of hydrogen-bond acceptors (Lipinski definition) is 5. The van der Waals surface area contributed by atoms with E-state index in [1.54, 1.807) is 23.6 Å². The molecule has 5 N–H and O–H groups in total. The lowest BCUT2D eigenvalue weighted by Crippen LogP contribution is -2.14. The Labute approximate surface area is 137 Å². The molecule has 0 radical (unpaired) electrons. The first kappa shape index (κ1) is 15.4. The van der Waals surface area contributed by atoms with Crippen LogP contribution in [0.1, 0.15) is 27.0 Å². The van der Waals surface area contributed by atoms with E-state index in [4.69, 9.17) is 16.7 Å². The number of rotatable bonds is 2. The molecule has 0 aliphatic rings. The van der Waals surface area contributed by atoms with Crippen LogP contribution < -0.4 is 11.5 Å². The Morgan fingerprint density at radius 1 is 1.38 bits per heavy atom. The predicted octanol–water partition coefficient (Wildman–Crippen LogP) is 1.90. The van der Waals surface area contributed by atoms with Crippen molar-refractivity contribution in [2.75, 3.05) is 5.73 Å². The van der Waals surface area contributed by atoms with Crippen LogP contribution in [0.2, 0.25) is 0 Å². The summed E-state index contributed by atoms with van der Waals surface area (Å²) in [5.74, 6) is -0.480. The van der Waals surface area contributed by atoms with Crippen molar-refractivity contribution in [3.8, 4) is 17.5 Å². The highest BCUT2D eigenvalue weighted by atomic mass is 16.3. The van der Waals surface area contributed by atoms with Crippen molar-refractivity contribution in [3.63, 3.8) is 0 Å². The van der Waals surface area contributed by atoms with Crippen LogP contribution in [0.4, 0.5) is 5.82 Å². The van der Waals surface area contributed by atoms with Gasteiger partial charge in [-0.05, 0) is 31.5 Å². The smallest absolute Gasteiger partial charge is 0.253 e. The van der Waals surface area contributed by atoms with Gasteiger partial charge in [0.2, 0.25) is 0 Å². The summed E-state index contributed by atoms with van der Waals surface area (Å²) in [6.07, 6.45) is 1.40. The highest BCUT2D eigenvalue weighted by molar-refractivity contribution is 6.11. The lowest BCUT2D eigenvalue weighted by molar-refractivity contribution is 0.100. The highest BCUT2D eigenvalue weighted by Crippen LogP contribution is 2.35. The Morgan fingerprint density at radius 2 is 2.08 bits per heavy atom. The zero-order valence-corrected chi connectivity index (χ0v) is 13.2. The van der Waals surface area contributed by atoms with Gasteiger partial charge in [-0.2, -0.15) is 5.26 Å². The van der Waals surface area contributed by atoms with Crippen LogP contribution in [-0.4, -0.2) is 20.6 Å². The Hall–Kier alpha value is -3.53. The lowest BCUT2D eigenvalue weighted by Gasteiger charge is -2.15. The van der Waals surface area contributed by atoms with E-state index in [0.29, 0.717) is 27.8 Å². The van der Waals surface area contributed by atoms with Gasteiger partial charge in [-0.25, -0.2) is 4.98 Å². The number of aromatic nitrogens is 2. The SMILES string of the molecule is Cc1ccc(O)c(C)c1-n1c(N)c(C(N)=O)c2cc(C#N)cnc21. The number of nitrogens with two attached hydrogens (primary N) is 2. The zero-order chi connectivity index (χ0) is 17.6. The van der Waals surface area contributed by atoms with Gasteiger partial charge in [-0.15, -0.1) is 0 Å². The van der Waals surface area contributed by atoms with E-state index in [1.165, 1.54) is 12.3 Å². The number of primary amides is 1. The maximum atomic E-state index is 11.9. The van der Waals surface area contributed by atoms with Gasteiger partial charge < -0.3 is 16.6 Å². The monoisotopic (exact) mass is 321 g/mol. The molecule has 24 heavy (non-hydrogen) atoms. The van der Waals surface area contributed by atoms with Crippen molar-refractivity contribution >= 4 is 22.8 Å². The molecular weight excluding hydrogens is 306 g/mol. The molecule has 2 heterocycles. The number of nitrogens with zero attached hydrogens (tertiary/aromatic N) is 3. The van der Waals surface area contributed by atoms with Gasteiger partial charge in [0.1, 0.15) is 23.3 Å². The molecule has 2 aromatic heterocycles. The maximum absolute atomic E-state index is 11.9. The first-order chi connectivity index (χ1) is 11.4. The summed E-state index contributed by atoms with van der Waals surface area (Å²) in [7, 11) is 0. The first-order valence-corrected chi connectivity index (χ1v) is 7.16. The molecule has 3 rings (SSSR count). The van der Waals surface area contributed by atoms with Gasteiger partial charge in [0, 0.05) is 17.1 Å². The van der Waals surface area contributed by atoms with Crippen LogP contribution in [0.3, 0.4) is 0 Å². The van der Waals surface area contributed by atoms with Crippen LogP contribution in [-0.2, 0) is 0 Å². The molecule has 0 fully saturated rings. The van der Waals surface area contributed by atoms with Crippen molar-refractivity contribution in [2.45, 2.75) is 13.8 Å². The van der Waals surface area contributed by atoms with Gasteiger partial charge in [0.05, 0.1) is 16.8 Å². The van der Waals surface area contributed by atoms with Crippen molar-refractivity contribution in [1.82, 2.24) is 9.55 Å². The Kier molecular flexibility index (Phi) is 3.38. The zero-order valence-electron chi connectivity index (χ0n) is 13.2. The molecule has 0 spiro atoms. The molecule has 0 saturated heterocycles. The van der Waals surface area contributed by atoms with Crippen LogP contribution in [0.25, 0.3) is 16.7 Å². The van der Waals surface area contributed by atoms with E-state index < -0.39 is 5.91 Å². The normalized spacial score (nSPS) is 10.7. The van der Waals surface area contributed by atoms with Crippen LogP contribution in [0, 0.1) is 25.2 Å². The number of nitrogen functional groups attached to an aromatic ring is 1. The summed E-state index contributed by atoms with van der Waals surface area (Å²) in [5, 5.41) is 19.5. The number of amides is 1. The molecule has 0 aliphatic heterocycles. The number of carbonyl (C=O) groups is 1. The number of phenolic OH excluding ortho intramolecular Hbond substituents is 1. The summed E-state index contributed by atoms with van der Waals surface area (Å²) in [4.78, 5) is 16.2. The minimum absolute atomic E-state index is 0.103. The Balaban J connectivity index is 2.52. The van der Waals surface area contributed by atoms with E-state index in [9.17, 15) is 9.90 Å². The summed E-state index contributed by atoms with van der Waals surface area (Å²) >= 11 is 0. The van der Waals surface area contributed by atoms with Gasteiger partial charge in [0.25, 0.3) is 5.91 Å². The maximum Gasteiger partial charge on any atom is 0.253 e. The van der Waals surface area contributed by atoms with Gasteiger partial charge in [0.15, 0.2) is 0 Å². The topological polar surface area (TPSA) is 131 Å². The minimum atomic E-state index is -0.705. The Morgan fingerprint density at radius 3 is 2.71 bits per heavy atom. The molecule has 0 unspecified atom stereocenters. The number of phenols is 1. The fourth-order valence-corrected chi connectivity index (χ4v) is 2.90. The highest BCUT2D eigenvalue weighted by Gasteiger charge is 2.23. The molecule has 3 aromatic rings. The second kappa shape index (κ2) is 5.28. The van der Waals surface area contributed by atoms with E-state index in [2.05, 4.69) is 4.98 Å². The number of benzene rings is 1. The number of aromatic hydroxyl groups is 1. The molecule has 0 bridgehead atoms. The van der Waals surface area contributed by atoms with Crippen LogP contribution in [0.15, 0.2) is 24.4 Å². The number of nitriles is 1. The van der Waals surface area contributed by atoms with E-state index in [1.807, 2.05) is 13.0 Å². The van der Waals surface area contributed by atoms with E-state index in [0.717, 1.165) is 5.56 Å². The quantitative estimate of drug-likeness (QED) is 0.663. The van der Waals surface area contributed by atoms with Crippen LogP contribution >= 0.6 is 0 Å². The van der Waals surface area contributed by atoms with E-state index in [-0.39, 0.29) is 17.1 Å². The molecule has 7 heteroatoms. The third kappa shape index (κ3) is 2.05. The largest absolute Gasteiger partial charge is 0.508 e. The fourth-order valence-electron chi connectivity index (χ4n) is 2.90. The molecule has 0 aliphatic carbocycles. The van der Waals surface area contributed by atoms with Crippen molar-refractivity contribution in [1.29, 1.82) is 5.26 Å². The second-order valence-corrected chi connectivity index (χ2v) is 5.54.